The predicted molar refractivity (Wildman–Crippen MR) is 73.0 cm³/mol. The lowest BCUT2D eigenvalue weighted by Crippen LogP contribution is -2.05. The van der Waals surface area contributed by atoms with E-state index in [0.717, 1.165) is 45.0 Å². The molecule has 1 heterocycles. The minimum atomic E-state index is -0.485. The number of aliphatic hydroxyl groups is 1. The second-order valence-corrected chi connectivity index (χ2v) is 5.80. The lowest BCUT2D eigenvalue weighted by atomic mass is 9.99. The van der Waals surface area contributed by atoms with Gasteiger partial charge in [0.05, 0.1) is 24.8 Å². The second-order valence-electron chi connectivity index (χ2n) is 3.84. The molecule has 0 radical (unpaired) electrons. The molecule has 0 fully saturated rings. The molecule has 1 aromatic carbocycles. The summed E-state index contributed by atoms with van der Waals surface area (Å²) in [6, 6.07) is 1.90. The van der Waals surface area contributed by atoms with E-state index in [4.69, 9.17) is 9.47 Å². The minimum Gasteiger partial charge on any atom is -0.496 e. The van der Waals surface area contributed by atoms with Crippen LogP contribution < -0.4 is 9.47 Å². The Morgan fingerprint density at radius 1 is 1.41 bits per heavy atom. The van der Waals surface area contributed by atoms with Gasteiger partial charge in [0.1, 0.15) is 11.5 Å². The highest BCUT2D eigenvalue weighted by Gasteiger charge is 2.26. The van der Waals surface area contributed by atoms with Gasteiger partial charge in [-0.25, -0.2) is 0 Å². The Balaban J connectivity index is 2.65. The van der Waals surface area contributed by atoms with Crippen LogP contribution in [0.5, 0.6) is 11.5 Å². The third-order valence-electron chi connectivity index (χ3n) is 2.88. The highest BCUT2D eigenvalue weighted by Crippen LogP contribution is 2.45. The number of methoxy groups -OCH3 is 2. The summed E-state index contributed by atoms with van der Waals surface area (Å²) in [5.41, 5.74) is 1.91. The van der Waals surface area contributed by atoms with Crippen molar-refractivity contribution < 1.29 is 14.6 Å². The number of fused-ring (bicyclic) bond motifs is 1. The van der Waals surface area contributed by atoms with Gasteiger partial charge in [-0.1, -0.05) is 0 Å². The van der Waals surface area contributed by atoms with Crippen LogP contribution in [0.4, 0.5) is 0 Å². The smallest absolute Gasteiger partial charge is 0.139 e. The zero-order valence-corrected chi connectivity index (χ0v) is 12.2. The number of ether oxygens (including phenoxy) is 2. The molecule has 1 atom stereocenters. The highest BCUT2D eigenvalue weighted by atomic mass is 79.9. The lowest BCUT2D eigenvalue weighted by molar-refractivity contribution is 0.170. The van der Waals surface area contributed by atoms with Crippen molar-refractivity contribution >= 4 is 27.7 Å². The molecule has 0 spiro atoms. The number of halogens is 1. The van der Waals surface area contributed by atoms with Crippen LogP contribution in [-0.4, -0.2) is 25.1 Å². The Labute approximate surface area is 114 Å². The number of hydrogen-bond donors (Lipinski definition) is 1. The van der Waals surface area contributed by atoms with E-state index in [1.807, 2.05) is 6.07 Å². The summed E-state index contributed by atoms with van der Waals surface area (Å²) in [5, 5.41) is 10.2. The Bertz CT molecular complexity index is 423. The monoisotopic (exact) mass is 318 g/mol. The van der Waals surface area contributed by atoms with E-state index in [2.05, 4.69) is 15.9 Å². The van der Waals surface area contributed by atoms with Gasteiger partial charge in [-0.15, -0.1) is 0 Å². The molecular weight excluding hydrogens is 304 g/mol. The van der Waals surface area contributed by atoms with Gasteiger partial charge in [-0.05, 0) is 34.2 Å². The van der Waals surface area contributed by atoms with Gasteiger partial charge in [0.15, 0.2) is 0 Å². The van der Waals surface area contributed by atoms with E-state index in [1.54, 1.807) is 26.0 Å². The van der Waals surface area contributed by atoms with Gasteiger partial charge in [-0.2, -0.15) is 11.8 Å². The topological polar surface area (TPSA) is 38.7 Å². The first-order valence-electron chi connectivity index (χ1n) is 5.38. The molecule has 2 rings (SSSR count). The van der Waals surface area contributed by atoms with E-state index in [-0.39, 0.29) is 0 Å². The Kier molecular flexibility index (Phi) is 4.22. The maximum atomic E-state index is 10.2. The zero-order valence-electron chi connectivity index (χ0n) is 9.83. The van der Waals surface area contributed by atoms with Crippen molar-refractivity contribution in [1.82, 2.24) is 0 Å². The molecule has 0 unspecified atom stereocenters. The summed E-state index contributed by atoms with van der Waals surface area (Å²) in [4.78, 5) is 0. The number of thioether (sulfide) groups is 1. The molecule has 0 amide bonds. The Hall–Kier alpha value is -0.390. The summed E-state index contributed by atoms with van der Waals surface area (Å²) in [7, 11) is 3.27. The third kappa shape index (κ3) is 2.41. The molecule has 94 valence electrons. The average Bonchev–Trinajstić information content (AvgIpc) is 2.51. The van der Waals surface area contributed by atoms with E-state index < -0.39 is 6.10 Å². The van der Waals surface area contributed by atoms with Crippen LogP contribution >= 0.6 is 27.7 Å². The molecular formula is C12H15BrO3S. The molecule has 5 heteroatoms. The lowest BCUT2D eigenvalue weighted by Gasteiger charge is -2.19. The van der Waals surface area contributed by atoms with Gasteiger partial charge >= 0.3 is 0 Å². The molecule has 0 saturated heterocycles. The number of benzene rings is 1. The molecule has 0 bridgehead atoms. The van der Waals surface area contributed by atoms with E-state index >= 15 is 0 Å². The number of rotatable bonds is 2. The van der Waals surface area contributed by atoms with Crippen LogP contribution in [0.2, 0.25) is 0 Å². The zero-order chi connectivity index (χ0) is 12.4. The fraction of sp³-hybridized carbons (Fsp3) is 0.500. The SMILES string of the molecule is COc1cc(Br)c(OC)c2c1CSCC[C@@H]2O. The van der Waals surface area contributed by atoms with Crippen molar-refractivity contribution in [2.45, 2.75) is 18.3 Å². The predicted octanol–water partition coefficient (Wildman–Crippen LogP) is 3.14. The first kappa shape index (κ1) is 13.1. The van der Waals surface area contributed by atoms with Crippen LogP contribution in [0.3, 0.4) is 0 Å². The second kappa shape index (κ2) is 5.50. The van der Waals surface area contributed by atoms with Gasteiger partial charge in [-0.3, -0.25) is 0 Å². The molecule has 0 aromatic heterocycles. The van der Waals surface area contributed by atoms with Crippen molar-refractivity contribution in [3.63, 3.8) is 0 Å². The molecule has 0 saturated carbocycles. The minimum absolute atomic E-state index is 0.485. The van der Waals surface area contributed by atoms with Crippen LogP contribution in [0, 0.1) is 0 Å². The van der Waals surface area contributed by atoms with Gasteiger partial charge in [0, 0.05) is 16.9 Å². The Morgan fingerprint density at radius 2 is 2.18 bits per heavy atom. The summed E-state index contributed by atoms with van der Waals surface area (Å²) in [6.07, 6.45) is 0.259. The van der Waals surface area contributed by atoms with Crippen molar-refractivity contribution in [1.29, 1.82) is 0 Å². The van der Waals surface area contributed by atoms with Crippen molar-refractivity contribution in [3.05, 3.63) is 21.7 Å². The normalized spacial score (nSPS) is 19.4. The number of hydrogen-bond acceptors (Lipinski definition) is 4. The first-order chi connectivity index (χ1) is 8.19. The maximum absolute atomic E-state index is 10.2. The highest BCUT2D eigenvalue weighted by molar-refractivity contribution is 9.10. The van der Waals surface area contributed by atoms with Crippen LogP contribution in [0.25, 0.3) is 0 Å². The van der Waals surface area contributed by atoms with Crippen molar-refractivity contribution in [3.8, 4) is 11.5 Å². The fourth-order valence-corrected chi connectivity index (χ4v) is 3.69. The molecule has 3 nitrogen and oxygen atoms in total. The molecule has 1 N–H and O–H groups in total. The maximum Gasteiger partial charge on any atom is 0.139 e. The van der Waals surface area contributed by atoms with E-state index in [9.17, 15) is 5.11 Å². The molecule has 1 aliphatic heterocycles. The standard InChI is InChI=1S/C12H15BrO3S/c1-15-10-5-8(13)12(16-2)11-7(10)6-17-4-3-9(11)14/h5,9,14H,3-4,6H2,1-2H3/t9-/m0/s1. The van der Waals surface area contributed by atoms with Gasteiger partial charge in [0.25, 0.3) is 0 Å². The fourth-order valence-electron chi connectivity index (χ4n) is 2.07. The summed E-state index contributed by atoms with van der Waals surface area (Å²) in [6.45, 7) is 0. The Morgan fingerprint density at radius 3 is 2.82 bits per heavy atom. The van der Waals surface area contributed by atoms with Crippen molar-refractivity contribution in [2.75, 3.05) is 20.0 Å². The van der Waals surface area contributed by atoms with E-state index in [0.29, 0.717) is 0 Å². The van der Waals surface area contributed by atoms with Crippen LogP contribution in [0.15, 0.2) is 10.5 Å². The summed E-state index contributed by atoms with van der Waals surface area (Å²) < 4.78 is 11.6. The molecule has 1 aromatic rings. The van der Waals surface area contributed by atoms with Crippen LogP contribution in [0.1, 0.15) is 23.7 Å². The quantitative estimate of drug-likeness (QED) is 0.909. The summed E-state index contributed by atoms with van der Waals surface area (Å²) >= 11 is 5.26. The van der Waals surface area contributed by atoms with Crippen LogP contribution in [-0.2, 0) is 5.75 Å². The number of aliphatic hydroxyl groups excluding tert-OH is 1. The van der Waals surface area contributed by atoms with Gasteiger partial charge < -0.3 is 14.6 Å². The van der Waals surface area contributed by atoms with Crippen molar-refractivity contribution in [2.24, 2.45) is 0 Å². The third-order valence-corrected chi connectivity index (χ3v) is 4.49. The first-order valence-corrected chi connectivity index (χ1v) is 7.32. The summed E-state index contributed by atoms with van der Waals surface area (Å²) in [5.74, 6) is 3.32. The molecule has 0 aliphatic carbocycles. The molecule has 1 aliphatic rings. The largest absolute Gasteiger partial charge is 0.496 e. The average molecular weight is 319 g/mol. The van der Waals surface area contributed by atoms with Gasteiger partial charge in [0.2, 0.25) is 0 Å². The molecule has 17 heavy (non-hydrogen) atoms. The van der Waals surface area contributed by atoms with E-state index in [1.165, 1.54) is 0 Å².